The third-order valence-corrected chi connectivity index (χ3v) is 7.66. The number of hydrogen-bond acceptors (Lipinski definition) is 7. The van der Waals surface area contributed by atoms with Gasteiger partial charge in [-0.1, -0.05) is 89.2 Å². The van der Waals surface area contributed by atoms with Gasteiger partial charge < -0.3 is 14.8 Å². The Bertz CT molecular complexity index is 1520. The van der Waals surface area contributed by atoms with Gasteiger partial charge in [0, 0.05) is 15.7 Å². The molecule has 200 valence electrons. The average Bonchev–Trinajstić information content (AvgIpc) is 3.33. The van der Waals surface area contributed by atoms with E-state index < -0.39 is 12.0 Å². The lowest BCUT2D eigenvalue weighted by atomic mass is 9.95. The Balaban J connectivity index is 1.55. The maximum atomic E-state index is 13.7. The normalized spacial score (nSPS) is 14.5. The number of anilines is 1. The second-order valence-electron chi connectivity index (χ2n) is 9.12. The molecular formula is C30H29BrN4O3S. The Morgan fingerprint density at radius 1 is 1.05 bits per heavy atom. The van der Waals surface area contributed by atoms with E-state index in [4.69, 9.17) is 14.6 Å². The van der Waals surface area contributed by atoms with E-state index in [9.17, 15) is 4.79 Å². The highest BCUT2D eigenvalue weighted by molar-refractivity contribution is 9.10. The van der Waals surface area contributed by atoms with Crippen LogP contribution in [0.4, 0.5) is 5.95 Å². The Morgan fingerprint density at radius 2 is 1.82 bits per heavy atom. The minimum Gasteiger partial charge on any atom is -0.489 e. The zero-order chi connectivity index (χ0) is 27.4. The molecule has 1 aromatic heterocycles. The summed E-state index contributed by atoms with van der Waals surface area (Å²) >= 11 is 5.16. The number of rotatable bonds is 9. The van der Waals surface area contributed by atoms with Crippen LogP contribution < -0.4 is 10.1 Å². The van der Waals surface area contributed by atoms with Crippen molar-refractivity contribution in [2.24, 2.45) is 0 Å². The largest absolute Gasteiger partial charge is 0.489 e. The number of nitrogens with one attached hydrogen (secondary N) is 1. The van der Waals surface area contributed by atoms with Gasteiger partial charge >= 0.3 is 5.97 Å². The quantitative estimate of drug-likeness (QED) is 0.162. The maximum absolute atomic E-state index is 13.7. The van der Waals surface area contributed by atoms with Crippen molar-refractivity contribution in [1.82, 2.24) is 14.8 Å². The monoisotopic (exact) mass is 604 g/mol. The Labute approximate surface area is 240 Å². The molecular weight excluding hydrogens is 576 g/mol. The molecule has 1 aliphatic heterocycles. The van der Waals surface area contributed by atoms with Crippen molar-refractivity contribution >= 4 is 39.6 Å². The Kier molecular flexibility index (Phi) is 8.38. The summed E-state index contributed by atoms with van der Waals surface area (Å²) in [5.74, 6) is 1.62. The molecule has 9 heteroatoms. The summed E-state index contributed by atoms with van der Waals surface area (Å²) in [5.41, 5.74) is 5.06. The van der Waals surface area contributed by atoms with E-state index in [-0.39, 0.29) is 6.61 Å². The molecule has 1 N–H and O–H groups in total. The number of fused-ring (bicyclic) bond motifs is 1. The second kappa shape index (κ2) is 12.1. The number of thioether (sulfide) groups is 1. The number of ether oxygens (including phenoxy) is 2. The zero-order valence-electron chi connectivity index (χ0n) is 22.0. The van der Waals surface area contributed by atoms with Gasteiger partial charge in [0.1, 0.15) is 25.0 Å². The predicted molar refractivity (Wildman–Crippen MR) is 157 cm³/mol. The smallest absolute Gasteiger partial charge is 0.338 e. The SMILES string of the molecule is CCSc1nc2n(n1)C(c1cc(Br)ccc1OCc1ccccc1C)C(C(=O)OCc1ccccc1)=C(C)N2. The highest BCUT2D eigenvalue weighted by Gasteiger charge is 2.37. The van der Waals surface area contributed by atoms with E-state index >= 15 is 0 Å². The van der Waals surface area contributed by atoms with Crippen LogP contribution in [0, 0.1) is 6.92 Å². The molecule has 0 saturated heterocycles. The van der Waals surface area contributed by atoms with Gasteiger partial charge in [-0.05, 0) is 54.5 Å². The average molecular weight is 606 g/mol. The van der Waals surface area contributed by atoms with E-state index in [0.29, 0.717) is 34.7 Å². The molecule has 0 amide bonds. The number of halogens is 1. The summed E-state index contributed by atoms with van der Waals surface area (Å²) in [6.07, 6.45) is 0. The number of esters is 1. The van der Waals surface area contributed by atoms with Crippen molar-refractivity contribution < 1.29 is 14.3 Å². The zero-order valence-corrected chi connectivity index (χ0v) is 24.4. The summed E-state index contributed by atoms with van der Waals surface area (Å²) in [6, 6.07) is 23.0. The topological polar surface area (TPSA) is 78.3 Å². The van der Waals surface area contributed by atoms with Crippen molar-refractivity contribution in [2.75, 3.05) is 11.1 Å². The van der Waals surface area contributed by atoms with E-state index in [0.717, 1.165) is 32.5 Å². The highest BCUT2D eigenvalue weighted by atomic mass is 79.9. The van der Waals surface area contributed by atoms with Gasteiger partial charge in [-0.15, -0.1) is 5.10 Å². The van der Waals surface area contributed by atoms with Crippen LogP contribution in [0.15, 0.2) is 93.7 Å². The predicted octanol–water partition coefficient (Wildman–Crippen LogP) is 7.07. The van der Waals surface area contributed by atoms with E-state index in [1.165, 1.54) is 0 Å². The number of benzene rings is 3. The number of hydrogen-bond donors (Lipinski definition) is 1. The highest BCUT2D eigenvalue weighted by Crippen LogP contribution is 2.41. The van der Waals surface area contributed by atoms with Crippen molar-refractivity contribution in [3.05, 3.63) is 111 Å². The van der Waals surface area contributed by atoms with Gasteiger partial charge in [0.05, 0.1) is 5.57 Å². The van der Waals surface area contributed by atoms with Crippen molar-refractivity contribution in [2.45, 2.75) is 45.2 Å². The minimum absolute atomic E-state index is 0.166. The molecule has 1 unspecified atom stereocenters. The lowest BCUT2D eigenvalue weighted by Gasteiger charge is -2.29. The molecule has 3 aromatic carbocycles. The van der Waals surface area contributed by atoms with Gasteiger partial charge in [-0.2, -0.15) is 4.98 Å². The van der Waals surface area contributed by atoms with E-state index in [1.807, 2.05) is 67.6 Å². The third-order valence-electron chi connectivity index (χ3n) is 6.45. The minimum atomic E-state index is -0.604. The fourth-order valence-electron chi connectivity index (χ4n) is 4.47. The first-order valence-corrected chi connectivity index (χ1v) is 14.5. The summed E-state index contributed by atoms with van der Waals surface area (Å²) in [5, 5.41) is 8.68. The summed E-state index contributed by atoms with van der Waals surface area (Å²) in [4.78, 5) is 18.4. The van der Waals surface area contributed by atoms with Crippen molar-refractivity contribution in [3.63, 3.8) is 0 Å². The molecule has 2 heterocycles. The molecule has 0 saturated carbocycles. The van der Waals surface area contributed by atoms with Crippen LogP contribution >= 0.6 is 27.7 Å². The first-order valence-electron chi connectivity index (χ1n) is 12.7. The van der Waals surface area contributed by atoms with Crippen LogP contribution in [0.3, 0.4) is 0 Å². The first kappa shape index (κ1) is 27.0. The molecule has 5 rings (SSSR count). The van der Waals surface area contributed by atoms with Crippen molar-refractivity contribution in [1.29, 1.82) is 0 Å². The number of nitrogens with zero attached hydrogens (tertiary/aromatic N) is 3. The Hall–Kier alpha value is -3.56. The molecule has 0 fully saturated rings. The number of carbonyl (C=O) groups excluding carboxylic acids is 1. The molecule has 7 nitrogen and oxygen atoms in total. The van der Waals surface area contributed by atoms with Crippen LogP contribution in [0.1, 0.15) is 42.1 Å². The number of aromatic nitrogens is 3. The molecule has 0 radical (unpaired) electrons. The van der Waals surface area contributed by atoms with Gasteiger partial charge in [-0.25, -0.2) is 9.48 Å². The van der Waals surface area contributed by atoms with Crippen LogP contribution in [-0.4, -0.2) is 26.5 Å². The van der Waals surface area contributed by atoms with E-state index in [2.05, 4.69) is 52.2 Å². The van der Waals surface area contributed by atoms with E-state index in [1.54, 1.807) is 16.4 Å². The molecule has 1 aliphatic rings. The van der Waals surface area contributed by atoms with Crippen molar-refractivity contribution in [3.8, 4) is 5.75 Å². The van der Waals surface area contributed by atoms with Crippen LogP contribution in [0.5, 0.6) is 5.75 Å². The number of allylic oxidation sites excluding steroid dienone is 1. The Morgan fingerprint density at radius 3 is 2.59 bits per heavy atom. The molecule has 1 atom stereocenters. The first-order chi connectivity index (χ1) is 18.9. The molecule has 0 spiro atoms. The van der Waals surface area contributed by atoms with Gasteiger partial charge in [0.25, 0.3) is 0 Å². The molecule has 4 aromatic rings. The summed E-state index contributed by atoms with van der Waals surface area (Å²) in [6.45, 7) is 6.54. The standard InChI is InChI=1S/C30H29BrN4O3S/c1-4-39-30-33-29-32-20(3)26(28(36)38-17-21-11-6-5-7-12-21)27(35(29)34-30)24-16-23(31)14-15-25(24)37-18-22-13-9-8-10-19(22)2/h5-16,27H,4,17-18H2,1-3H3,(H,32,33,34). The number of aryl methyl sites for hydroxylation is 1. The fourth-order valence-corrected chi connectivity index (χ4v) is 5.40. The second-order valence-corrected chi connectivity index (χ2v) is 11.3. The van der Waals surface area contributed by atoms with Crippen LogP contribution in [0.25, 0.3) is 0 Å². The molecule has 0 aliphatic carbocycles. The third kappa shape index (κ3) is 6.04. The summed E-state index contributed by atoms with van der Waals surface area (Å²) < 4.78 is 14.8. The maximum Gasteiger partial charge on any atom is 0.338 e. The molecule has 39 heavy (non-hydrogen) atoms. The fraction of sp³-hybridized carbons (Fsp3) is 0.233. The van der Waals surface area contributed by atoms with Gasteiger partial charge in [-0.3, -0.25) is 0 Å². The van der Waals surface area contributed by atoms with Gasteiger partial charge in [0.15, 0.2) is 0 Å². The molecule has 0 bridgehead atoms. The lowest BCUT2D eigenvalue weighted by Crippen LogP contribution is -2.30. The lowest BCUT2D eigenvalue weighted by molar-refractivity contribution is -0.140. The number of carbonyl (C=O) groups is 1. The van der Waals surface area contributed by atoms with Crippen LogP contribution in [0.2, 0.25) is 0 Å². The summed E-state index contributed by atoms with van der Waals surface area (Å²) in [7, 11) is 0. The van der Waals surface area contributed by atoms with Crippen LogP contribution in [-0.2, 0) is 22.7 Å². The van der Waals surface area contributed by atoms with Gasteiger partial charge in [0.2, 0.25) is 11.1 Å².